The van der Waals surface area contributed by atoms with Crippen molar-refractivity contribution >= 4 is 5.97 Å². The Kier molecular flexibility index (Phi) is 2.54. The first-order valence-electron chi connectivity index (χ1n) is 5.26. The fraction of sp³-hybridized carbons (Fsp3) is 0.900. The predicted octanol–water partition coefficient (Wildman–Crippen LogP) is 1.38. The summed E-state index contributed by atoms with van der Waals surface area (Å²) < 4.78 is 0. The standard InChI is InChI=1S/C10H17NO2/c12-10(13)9-6-5-8(11-9)7-3-1-2-4-7/h7-9,11H,1-6H2,(H,12,13)/t8-,9-/m1/s1. The van der Waals surface area contributed by atoms with Gasteiger partial charge in [0.1, 0.15) is 6.04 Å². The van der Waals surface area contributed by atoms with Gasteiger partial charge in [0, 0.05) is 6.04 Å². The smallest absolute Gasteiger partial charge is 0.320 e. The van der Waals surface area contributed by atoms with Crippen LogP contribution in [0.15, 0.2) is 0 Å². The minimum atomic E-state index is -0.680. The van der Waals surface area contributed by atoms with E-state index in [2.05, 4.69) is 5.32 Å². The third kappa shape index (κ3) is 1.85. The number of hydrogen-bond acceptors (Lipinski definition) is 2. The van der Waals surface area contributed by atoms with Gasteiger partial charge in [0.25, 0.3) is 0 Å². The van der Waals surface area contributed by atoms with E-state index in [-0.39, 0.29) is 6.04 Å². The summed E-state index contributed by atoms with van der Waals surface area (Å²) in [5.74, 6) is 0.0739. The van der Waals surface area contributed by atoms with E-state index in [9.17, 15) is 4.79 Å². The molecule has 3 nitrogen and oxygen atoms in total. The van der Waals surface area contributed by atoms with Crippen LogP contribution in [0.3, 0.4) is 0 Å². The zero-order chi connectivity index (χ0) is 9.26. The molecular weight excluding hydrogens is 166 g/mol. The molecule has 2 rings (SSSR count). The first-order valence-corrected chi connectivity index (χ1v) is 5.26. The maximum absolute atomic E-state index is 10.7. The van der Waals surface area contributed by atoms with Crippen LogP contribution in [0.2, 0.25) is 0 Å². The van der Waals surface area contributed by atoms with Gasteiger partial charge in [0.15, 0.2) is 0 Å². The summed E-state index contributed by atoms with van der Waals surface area (Å²) in [4.78, 5) is 10.7. The summed E-state index contributed by atoms with van der Waals surface area (Å²) in [6.45, 7) is 0. The first kappa shape index (κ1) is 9.00. The highest BCUT2D eigenvalue weighted by Gasteiger charge is 2.34. The van der Waals surface area contributed by atoms with Crippen LogP contribution < -0.4 is 5.32 Å². The van der Waals surface area contributed by atoms with E-state index in [0.717, 1.165) is 18.8 Å². The van der Waals surface area contributed by atoms with Crippen molar-refractivity contribution in [2.75, 3.05) is 0 Å². The van der Waals surface area contributed by atoms with E-state index in [4.69, 9.17) is 5.11 Å². The summed E-state index contributed by atoms with van der Waals surface area (Å²) in [5.41, 5.74) is 0. The zero-order valence-electron chi connectivity index (χ0n) is 7.83. The molecule has 0 aromatic heterocycles. The highest BCUT2D eigenvalue weighted by atomic mass is 16.4. The Morgan fingerprint density at radius 2 is 1.85 bits per heavy atom. The van der Waals surface area contributed by atoms with Gasteiger partial charge in [-0.2, -0.15) is 0 Å². The molecule has 2 N–H and O–H groups in total. The largest absolute Gasteiger partial charge is 0.480 e. The van der Waals surface area contributed by atoms with E-state index < -0.39 is 5.97 Å². The fourth-order valence-electron chi connectivity index (χ4n) is 2.70. The van der Waals surface area contributed by atoms with E-state index in [0.29, 0.717) is 6.04 Å². The van der Waals surface area contributed by atoms with Gasteiger partial charge in [0.05, 0.1) is 0 Å². The Balaban J connectivity index is 1.86. The van der Waals surface area contributed by atoms with Crippen molar-refractivity contribution < 1.29 is 9.90 Å². The van der Waals surface area contributed by atoms with Crippen molar-refractivity contribution in [2.24, 2.45) is 5.92 Å². The van der Waals surface area contributed by atoms with Crippen LogP contribution >= 0.6 is 0 Å². The van der Waals surface area contributed by atoms with Gasteiger partial charge in [-0.05, 0) is 31.6 Å². The highest BCUT2D eigenvalue weighted by molar-refractivity contribution is 5.73. The van der Waals surface area contributed by atoms with Gasteiger partial charge in [-0.25, -0.2) is 0 Å². The van der Waals surface area contributed by atoms with E-state index in [1.54, 1.807) is 0 Å². The topological polar surface area (TPSA) is 49.3 Å². The summed E-state index contributed by atoms with van der Waals surface area (Å²) in [5, 5.41) is 12.0. The van der Waals surface area contributed by atoms with Crippen LogP contribution in [0.4, 0.5) is 0 Å². The van der Waals surface area contributed by atoms with Crippen LogP contribution in [0.25, 0.3) is 0 Å². The predicted molar refractivity (Wildman–Crippen MR) is 49.5 cm³/mol. The normalized spacial score (nSPS) is 35.4. The van der Waals surface area contributed by atoms with Crippen molar-refractivity contribution in [3.05, 3.63) is 0 Å². The lowest BCUT2D eigenvalue weighted by Gasteiger charge is -2.18. The number of carbonyl (C=O) groups is 1. The third-order valence-corrected chi connectivity index (χ3v) is 3.45. The molecule has 0 spiro atoms. The Bertz CT molecular complexity index is 199. The molecule has 1 aliphatic heterocycles. The SMILES string of the molecule is O=C(O)[C@H]1CC[C@H](C2CCCC2)N1. The molecule has 0 aromatic carbocycles. The average Bonchev–Trinajstić information content (AvgIpc) is 2.75. The summed E-state index contributed by atoms with van der Waals surface area (Å²) in [7, 11) is 0. The van der Waals surface area contributed by atoms with E-state index >= 15 is 0 Å². The number of carboxylic acid groups (broad SMARTS) is 1. The van der Waals surface area contributed by atoms with Crippen molar-refractivity contribution in [3.8, 4) is 0 Å². The number of carboxylic acids is 1. The van der Waals surface area contributed by atoms with Crippen LogP contribution in [0, 0.1) is 5.92 Å². The van der Waals surface area contributed by atoms with Crippen LogP contribution in [0.5, 0.6) is 0 Å². The van der Waals surface area contributed by atoms with E-state index in [1.807, 2.05) is 0 Å². The second kappa shape index (κ2) is 3.66. The van der Waals surface area contributed by atoms with E-state index in [1.165, 1.54) is 25.7 Å². The number of aliphatic carboxylic acids is 1. The van der Waals surface area contributed by atoms with Crippen molar-refractivity contribution in [3.63, 3.8) is 0 Å². The number of rotatable bonds is 2. The maximum Gasteiger partial charge on any atom is 0.320 e. The first-order chi connectivity index (χ1) is 6.27. The molecule has 0 radical (unpaired) electrons. The maximum atomic E-state index is 10.7. The number of hydrogen-bond donors (Lipinski definition) is 2. The van der Waals surface area contributed by atoms with Gasteiger partial charge >= 0.3 is 5.97 Å². The van der Waals surface area contributed by atoms with Crippen LogP contribution in [-0.2, 0) is 4.79 Å². The molecular formula is C10H17NO2. The van der Waals surface area contributed by atoms with Gasteiger partial charge < -0.3 is 10.4 Å². The molecule has 0 amide bonds. The minimum absolute atomic E-state index is 0.273. The quantitative estimate of drug-likeness (QED) is 0.680. The average molecular weight is 183 g/mol. The molecule has 0 unspecified atom stereocenters. The molecule has 1 aliphatic carbocycles. The molecule has 3 heteroatoms. The Labute approximate surface area is 78.5 Å². The molecule has 1 saturated heterocycles. The fourth-order valence-corrected chi connectivity index (χ4v) is 2.70. The number of nitrogens with one attached hydrogen (secondary N) is 1. The van der Waals surface area contributed by atoms with Gasteiger partial charge in [0.2, 0.25) is 0 Å². The van der Waals surface area contributed by atoms with Crippen LogP contribution in [0.1, 0.15) is 38.5 Å². The Morgan fingerprint density at radius 3 is 2.38 bits per heavy atom. The third-order valence-electron chi connectivity index (χ3n) is 3.45. The van der Waals surface area contributed by atoms with Crippen LogP contribution in [-0.4, -0.2) is 23.2 Å². The van der Waals surface area contributed by atoms with Gasteiger partial charge in [-0.1, -0.05) is 12.8 Å². The second-order valence-electron chi connectivity index (χ2n) is 4.29. The zero-order valence-corrected chi connectivity index (χ0v) is 7.83. The molecule has 13 heavy (non-hydrogen) atoms. The lowest BCUT2D eigenvalue weighted by Crippen LogP contribution is -2.38. The van der Waals surface area contributed by atoms with Gasteiger partial charge in [-0.15, -0.1) is 0 Å². The summed E-state index contributed by atoms with van der Waals surface area (Å²) >= 11 is 0. The monoisotopic (exact) mass is 183 g/mol. The lowest BCUT2D eigenvalue weighted by atomic mass is 9.97. The summed E-state index contributed by atoms with van der Waals surface area (Å²) in [6.07, 6.45) is 7.13. The molecule has 0 aromatic rings. The molecule has 74 valence electrons. The Hall–Kier alpha value is -0.570. The summed E-state index contributed by atoms with van der Waals surface area (Å²) in [6, 6.07) is 0.217. The molecule has 0 bridgehead atoms. The van der Waals surface area contributed by atoms with Crippen molar-refractivity contribution in [1.82, 2.24) is 5.32 Å². The lowest BCUT2D eigenvalue weighted by molar-refractivity contribution is -0.139. The second-order valence-corrected chi connectivity index (χ2v) is 4.29. The molecule has 2 aliphatic rings. The highest BCUT2D eigenvalue weighted by Crippen LogP contribution is 2.32. The molecule has 2 atom stereocenters. The molecule has 1 saturated carbocycles. The van der Waals surface area contributed by atoms with Crippen molar-refractivity contribution in [2.45, 2.75) is 50.6 Å². The molecule has 1 heterocycles. The minimum Gasteiger partial charge on any atom is -0.480 e. The van der Waals surface area contributed by atoms with Crippen molar-refractivity contribution in [1.29, 1.82) is 0 Å². The molecule has 2 fully saturated rings. The van der Waals surface area contributed by atoms with Gasteiger partial charge in [-0.3, -0.25) is 4.79 Å². The Morgan fingerprint density at radius 1 is 1.15 bits per heavy atom.